The monoisotopic (exact) mass is 303 g/mol. The molecule has 116 valence electrons. The fourth-order valence-corrected chi connectivity index (χ4v) is 1.76. The highest BCUT2D eigenvalue weighted by atomic mass is 19.4. The van der Waals surface area contributed by atoms with Crippen LogP contribution in [-0.4, -0.2) is 25.0 Å². The minimum Gasteiger partial charge on any atom is -0.467 e. The zero-order valence-electron chi connectivity index (χ0n) is 11.7. The minimum absolute atomic E-state index is 0.224. The van der Waals surface area contributed by atoms with E-state index < -0.39 is 29.7 Å². The molecule has 0 fully saturated rings. The quantitative estimate of drug-likeness (QED) is 0.849. The van der Waals surface area contributed by atoms with E-state index in [1.165, 1.54) is 19.2 Å². The summed E-state index contributed by atoms with van der Waals surface area (Å²) in [7, 11) is 1.20. The van der Waals surface area contributed by atoms with Gasteiger partial charge in [-0.2, -0.15) is 13.2 Å². The highest BCUT2D eigenvalue weighted by molar-refractivity contribution is 5.85. The van der Waals surface area contributed by atoms with Crippen molar-refractivity contribution in [2.45, 2.75) is 32.0 Å². The first-order chi connectivity index (χ1) is 9.77. The Kier molecular flexibility index (Phi) is 5.75. The number of benzene rings is 1. The Labute approximate surface area is 120 Å². The second-order valence-electron chi connectivity index (χ2n) is 4.43. The molecule has 0 aliphatic heterocycles. The second-order valence-corrected chi connectivity index (χ2v) is 4.43. The van der Waals surface area contributed by atoms with E-state index in [2.05, 4.69) is 10.1 Å². The summed E-state index contributed by atoms with van der Waals surface area (Å²) in [4.78, 5) is 23.1. The van der Waals surface area contributed by atoms with Gasteiger partial charge in [-0.25, -0.2) is 4.79 Å². The molecule has 1 rings (SSSR count). The SMILES string of the molecule is CC[C@H](NC(=O)Cc1cccc(C(F)(F)F)c1)C(=O)OC. The molecule has 0 saturated heterocycles. The molecule has 0 bridgehead atoms. The number of esters is 1. The van der Waals surface area contributed by atoms with Crippen molar-refractivity contribution in [3.05, 3.63) is 35.4 Å². The van der Waals surface area contributed by atoms with E-state index in [0.717, 1.165) is 12.1 Å². The van der Waals surface area contributed by atoms with Gasteiger partial charge in [0, 0.05) is 0 Å². The van der Waals surface area contributed by atoms with E-state index in [1.807, 2.05) is 0 Å². The van der Waals surface area contributed by atoms with Crippen molar-refractivity contribution in [1.82, 2.24) is 5.32 Å². The number of carbonyl (C=O) groups is 2. The van der Waals surface area contributed by atoms with Crippen LogP contribution in [0.25, 0.3) is 0 Å². The number of hydrogen-bond acceptors (Lipinski definition) is 3. The second kappa shape index (κ2) is 7.10. The topological polar surface area (TPSA) is 55.4 Å². The van der Waals surface area contributed by atoms with Gasteiger partial charge in [0.25, 0.3) is 0 Å². The molecular weight excluding hydrogens is 287 g/mol. The molecule has 0 spiro atoms. The molecule has 1 atom stereocenters. The van der Waals surface area contributed by atoms with Crippen molar-refractivity contribution in [3.63, 3.8) is 0 Å². The number of amides is 1. The number of ether oxygens (including phenoxy) is 1. The Bertz CT molecular complexity index is 514. The highest BCUT2D eigenvalue weighted by Gasteiger charge is 2.30. The van der Waals surface area contributed by atoms with Crippen LogP contribution in [0, 0.1) is 0 Å². The molecule has 0 radical (unpaired) electrons. The average molecular weight is 303 g/mol. The lowest BCUT2D eigenvalue weighted by molar-refractivity contribution is -0.145. The van der Waals surface area contributed by atoms with Gasteiger partial charge in [-0.05, 0) is 18.1 Å². The molecule has 1 amide bonds. The molecule has 7 heteroatoms. The third-order valence-corrected chi connectivity index (χ3v) is 2.85. The fraction of sp³-hybridized carbons (Fsp3) is 0.429. The predicted octanol–water partition coefficient (Wildman–Crippen LogP) is 2.32. The van der Waals surface area contributed by atoms with E-state index in [1.54, 1.807) is 6.92 Å². The summed E-state index contributed by atoms with van der Waals surface area (Å²) in [6, 6.07) is 3.72. The summed E-state index contributed by atoms with van der Waals surface area (Å²) >= 11 is 0. The first-order valence-corrected chi connectivity index (χ1v) is 6.31. The van der Waals surface area contributed by atoms with Crippen molar-refractivity contribution in [1.29, 1.82) is 0 Å². The van der Waals surface area contributed by atoms with Crippen LogP contribution >= 0.6 is 0 Å². The van der Waals surface area contributed by atoms with Gasteiger partial charge >= 0.3 is 12.1 Å². The summed E-state index contributed by atoms with van der Waals surface area (Å²) in [5, 5.41) is 2.43. The Morgan fingerprint density at radius 3 is 2.52 bits per heavy atom. The van der Waals surface area contributed by atoms with E-state index in [9.17, 15) is 22.8 Å². The maximum absolute atomic E-state index is 12.6. The van der Waals surface area contributed by atoms with Gasteiger partial charge in [-0.15, -0.1) is 0 Å². The van der Waals surface area contributed by atoms with Crippen LogP contribution in [0.5, 0.6) is 0 Å². The first kappa shape index (κ1) is 17.0. The molecule has 0 aromatic heterocycles. The molecule has 0 unspecified atom stereocenters. The number of carbonyl (C=O) groups excluding carboxylic acids is 2. The van der Waals surface area contributed by atoms with Crippen molar-refractivity contribution in [2.75, 3.05) is 7.11 Å². The fourth-order valence-electron chi connectivity index (χ4n) is 1.76. The predicted molar refractivity (Wildman–Crippen MR) is 69.4 cm³/mol. The molecule has 21 heavy (non-hydrogen) atoms. The van der Waals surface area contributed by atoms with Crippen LogP contribution in [0.1, 0.15) is 24.5 Å². The van der Waals surface area contributed by atoms with E-state index in [4.69, 9.17) is 0 Å². The smallest absolute Gasteiger partial charge is 0.416 e. The third-order valence-electron chi connectivity index (χ3n) is 2.85. The lowest BCUT2D eigenvalue weighted by atomic mass is 10.1. The standard InChI is InChI=1S/C14H16F3NO3/c1-3-11(13(20)21-2)18-12(19)8-9-5-4-6-10(7-9)14(15,16)17/h4-7,11H,3,8H2,1-2H3,(H,18,19)/t11-/m0/s1. The number of alkyl halides is 3. The van der Waals surface area contributed by atoms with Crippen LogP contribution in [0.3, 0.4) is 0 Å². The number of rotatable bonds is 5. The summed E-state index contributed by atoms with van der Waals surface area (Å²) in [6.07, 6.45) is -4.36. The Morgan fingerprint density at radius 1 is 1.33 bits per heavy atom. The zero-order valence-corrected chi connectivity index (χ0v) is 11.7. The lowest BCUT2D eigenvalue weighted by Gasteiger charge is -2.14. The van der Waals surface area contributed by atoms with Gasteiger partial charge in [-0.3, -0.25) is 4.79 Å². The van der Waals surface area contributed by atoms with Gasteiger partial charge < -0.3 is 10.1 Å². The molecule has 0 aliphatic carbocycles. The summed E-state index contributed by atoms with van der Waals surface area (Å²) in [5.74, 6) is -1.12. The maximum atomic E-state index is 12.6. The largest absolute Gasteiger partial charge is 0.467 e. The third kappa shape index (κ3) is 5.09. The van der Waals surface area contributed by atoms with Crippen molar-refractivity contribution in [2.24, 2.45) is 0 Å². The Morgan fingerprint density at radius 2 is 2.00 bits per heavy atom. The molecule has 1 N–H and O–H groups in total. The molecule has 1 aromatic rings. The first-order valence-electron chi connectivity index (χ1n) is 6.31. The highest BCUT2D eigenvalue weighted by Crippen LogP contribution is 2.29. The average Bonchev–Trinajstić information content (AvgIpc) is 2.43. The number of methoxy groups -OCH3 is 1. The number of nitrogens with one attached hydrogen (secondary N) is 1. The van der Waals surface area contributed by atoms with Crippen LogP contribution in [0.4, 0.5) is 13.2 Å². The van der Waals surface area contributed by atoms with Crippen LogP contribution < -0.4 is 5.32 Å². The molecule has 1 aromatic carbocycles. The van der Waals surface area contributed by atoms with Gasteiger partial charge in [0.05, 0.1) is 19.1 Å². The number of hydrogen-bond donors (Lipinski definition) is 1. The van der Waals surface area contributed by atoms with Gasteiger partial charge in [-0.1, -0.05) is 25.1 Å². The molecule has 0 heterocycles. The Balaban J connectivity index is 2.73. The van der Waals surface area contributed by atoms with Crippen LogP contribution in [0.15, 0.2) is 24.3 Å². The zero-order chi connectivity index (χ0) is 16.0. The number of halogens is 3. The molecule has 0 aliphatic rings. The summed E-state index contributed by atoms with van der Waals surface area (Å²) in [6.45, 7) is 1.69. The van der Waals surface area contributed by atoms with Gasteiger partial charge in [0.2, 0.25) is 5.91 Å². The maximum Gasteiger partial charge on any atom is 0.416 e. The van der Waals surface area contributed by atoms with Crippen LogP contribution in [-0.2, 0) is 26.9 Å². The summed E-state index contributed by atoms with van der Waals surface area (Å²) in [5.41, 5.74) is -0.588. The van der Waals surface area contributed by atoms with E-state index >= 15 is 0 Å². The molecular formula is C14H16F3NO3. The molecule has 0 saturated carbocycles. The van der Waals surface area contributed by atoms with Gasteiger partial charge in [0.15, 0.2) is 0 Å². The van der Waals surface area contributed by atoms with Crippen molar-refractivity contribution >= 4 is 11.9 Å². The lowest BCUT2D eigenvalue weighted by Crippen LogP contribution is -2.41. The Hall–Kier alpha value is -2.05. The normalized spacial score (nSPS) is 12.6. The van der Waals surface area contributed by atoms with Crippen LogP contribution in [0.2, 0.25) is 0 Å². The van der Waals surface area contributed by atoms with Crippen molar-refractivity contribution < 1.29 is 27.5 Å². The van der Waals surface area contributed by atoms with Gasteiger partial charge in [0.1, 0.15) is 6.04 Å². The minimum atomic E-state index is -4.45. The van der Waals surface area contributed by atoms with Crippen molar-refractivity contribution in [3.8, 4) is 0 Å². The molecule has 4 nitrogen and oxygen atoms in total. The summed E-state index contributed by atoms with van der Waals surface area (Å²) < 4.78 is 42.2. The van der Waals surface area contributed by atoms with E-state index in [-0.39, 0.29) is 12.0 Å². The van der Waals surface area contributed by atoms with E-state index in [0.29, 0.717) is 6.42 Å².